The Hall–Kier alpha value is -0.290. The number of amides is 1. The van der Waals surface area contributed by atoms with E-state index in [1.54, 1.807) is 12.1 Å². The fourth-order valence-electron chi connectivity index (χ4n) is 1.78. The fraction of sp³-hybridized carbons (Fsp3) is 0.500. The Kier molecular flexibility index (Phi) is 5.05. The van der Waals surface area contributed by atoms with Crippen LogP contribution in [0, 0.1) is 0 Å². The van der Waals surface area contributed by atoms with E-state index in [4.69, 9.17) is 17.3 Å². The molecule has 0 saturated carbocycles. The number of rotatable bonds is 1. The van der Waals surface area contributed by atoms with Gasteiger partial charge in [0, 0.05) is 19.1 Å². The summed E-state index contributed by atoms with van der Waals surface area (Å²) in [6.45, 7) is 1.47. The summed E-state index contributed by atoms with van der Waals surface area (Å²) >= 11 is 7.12. The van der Waals surface area contributed by atoms with Crippen LogP contribution in [-0.2, 0) is 0 Å². The van der Waals surface area contributed by atoms with Gasteiger partial charge in [0.05, 0.1) is 9.21 Å². The molecule has 2 rings (SSSR count). The second kappa shape index (κ2) is 5.87. The molecule has 1 fully saturated rings. The average molecular weight is 281 g/mol. The highest BCUT2D eigenvalue weighted by atomic mass is 35.5. The Morgan fingerprint density at radius 3 is 2.88 bits per heavy atom. The molecule has 16 heavy (non-hydrogen) atoms. The van der Waals surface area contributed by atoms with Crippen LogP contribution in [0.2, 0.25) is 4.34 Å². The van der Waals surface area contributed by atoms with Crippen LogP contribution in [0.1, 0.15) is 22.5 Å². The molecule has 3 nitrogen and oxygen atoms in total. The van der Waals surface area contributed by atoms with Crippen LogP contribution < -0.4 is 5.73 Å². The molecular weight excluding hydrogens is 267 g/mol. The first-order valence-corrected chi connectivity index (χ1v) is 6.16. The average Bonchev–Trinajstić information content (AvgIpc) is 2.64. The summed E-state index contributed by atoms with van der Waals surface area (Å²) in [5.74, 6) is 0.0575. The maximum absolute atomic E-state index is 12.0. The fourth-order valence-corrected chi connectivity index (χ4v) is 2.79. The molecule has 1 unspecified atom stereocenters. The lowest BCUT2D eigenvalue weighted by molar-refractivity contribution is 0.0714. The molecule has 1 aliphatic rings. The second-order valence-electron chi connectivity index (χ2n) is 3.76. The molecule has 2 heterocycles. The van der Waals surface area contributed by atoms with Gasteiger partial charge in [0.1, 0.15) is 0 Å². The third-order valence-corrected chi connectivity index (χ3v) is 3.75. The first-order chi connectivity index (χ1) is 7.16. The predicted molar refractivity (Wildman–Crippen MR) is 69.7 cm³/mol. The Balaban J connectivity index is 0.00000128. The number of halogens is 2. The number of piperidine rings is 1. The third kappa shape index (κ3) is 3.10. The van der Waals surface area contributed by atoms with E-state index >= 15 is 0 Å². The van der Waals surface area contributed by atoms with E-state index < -0.39 is 0 Å². The van der Waals surface area contributed by atoms with Gasteiger partial charge in [0.25, 0.3) is 5.91 Å². The zero-order chi connectivity index (χ0) is 10.8. The van der Waals surface area contributed by atoms with Crippen LogP contribution in [-0.4, -0.2) is 29.9 Å². The zero-order valence-corrected chi connectivity index (χ0v) is 11.1. The number of thiophene rings is 1. The number of likely N-dealkylation sites (tertiary alicyclic amines) is 1. The van der Waals surface area contributed by atoms with Crippen molar-refractivity contribution in [1.29, 1.82) is 0 Å². The van der Waals surface area contributed by atoms with Gasteiger partial charge in [-0.1, -0.05) is 11.6 Å². The number of hydrogen-bond donors (Lipinski definition) is 1. The van der Waals surface area contributed by atoms with Crippen LogP contribution in [0.15, 0.2) is 12.1 Å². The molecule has 0 bridgehead atoms. The normalized spacial score (nSPS) is 20.4. The van der Waals surface area contributed by atoms with Crippen LogP contribution in [0.4, 0.5) is 0 Å². The maximum atomic E-state index is 12.0. The summed E-state index contributed by atoms with van der Waals surface area (Å²) in [5.41, 5.74) is 5.83. The van der Waals surface area contributed by atoms with Crippen molar-refractivity contribution in [3.05, 3.63) is 21.3 Å². The van der Waals surface area contributed by atoms with Crippen molar-refractivity contribution in [2.75, 3.05) is 13.1 Å². The molecule has 0 aliphatic carbocycles. The standard InChI is InChI=1S/C10H13ClN2OS.ClH/c11-9-4-3-8(15-9)10(14)13-5-1-2-7(12)6-13;/h3-4,7H,1-2,5-6,12H2;1H. The Labute approximate surface area is 110 Å². The Morgan fingerprint density at radius 1 is 1.56 bits per heavy atom. The van der Waals surface area contributed by atoms with Crippen LogP contribution in [0.3, 0.4) is 0 Å². The van der Waals surface area contributed by atoms with Crippen molar-refractivity contribution in [2.45, 2.75) is 18.9 Å². The highest BCUT2D eigenvalue weighted by Crippen LogP contribution is 2.23. The number of carbonyl (C=O) groups excluding carboxylic acids is 1. The van der Waals surface area contributed by atoms with E-state index in [9.17, 15) is 4.79 Å². The van der Waals surface area contributed by atoms with Crippen molar-refractivity contribution in [2.24, 2.45) is 5.73 Å². The lowest BCUT2D eigenvalue weighted by Crippen LogP contribution is -2.45. The van der Waals surface area contributed by atoms with Crippen LogP contribution in [0.5, 0.6) is 0 Å². The van der Waals surface area contributed by atoms with Gasteiger partial charge < -0.3 is 10.6 Å². The molecule has 1 aromatic rings. The minimum atomic E-state index is 0. The number of hydrogen-bond acceptors (Lipinski definition) is 3. The highest BCUT2D eigenvalue weighted by Gasteiger charge is 2.23. The van der Waals surface area contributed by atoms with Crippen molar-refractivity contribution in [3.63, 3.8) is 0 Å². The summed E-state index contributed by atoms with van der Waals surface area (Å²) in [4.78, 5) is 14.5. The second-order valence-corrected chi connectivity index (χ2v) is 5.47. The molecule has 6 heteroatoms. The molecule has 2 N–H and O–H groups in total. The van der Waals surface area contributed by atoms with Crippen molar-refractivity contribution in [3.8, 4) is 0 Å². The molecular formula is C10H14Cl2N2OS. The first kappa shape index (κ1) is 13.8. The topological polar surface area (TPSA) is 46.3 Å². The van der Waals surface area contributed by atoms with Gasteiger partial charge in [-0.15, -0.1) is 23.7 Å². The summed E-state index contributed by atoms with van der Waals surface area (Å²) in [6, 6.07) is 3.65. The number of carbonyl (C=O) groups is 1. The third-order valence-electron chi connectivity index (χ3n) is 2.53. The monoisotopic (exact) mass is 280 g/mol. The van der Waals surface area contributed by atoms with Crippen LogP contribution in [0.25, 0.3) is 0 Å². The summed E-state index contributed by atoms with van der Waals surface area (Å²) < 4.78 is 0.652. The van der Waals surface area contributed by atoms with Gasteiger partial charge in [0.2, 0.25) is 0 Å². The molecule has 1 saturated heterocycles. The van der Waals surface area contributed by atoms with Gasteiger partial charge in [0.15, 0.2) is 0 Å². The minimum absolute atomic E-state index is 0. The van der Waals surface area contributed by atoms with E-state index in [-0.39, 0.29) is 24.4 Å². The molecule has 1 amide bonds. The van der Waals surface area contributed by atoms with Gasteiger partial charge in [-0.3, -0.25) is 4.79 Å². The number of nitrogens with two attached hydrogens (primary N) is 1. The lowest BCUT2D eigenvalue weighted by Gasteiger charge is -2.30. The van der Waals surface area contributed by atoms with Crippen LogP contribution >= 0.6 is 35.3 Å². The molecule has 1 atom stereocenters. The smallest absolute Gasteiger partial charge is 0.264 e. The highest BCUT2D eigenvalue weighted by molar-refractivity contribution is 7.17. The summed E-state index contributed by atoms with van der Waals surface area (Å²) in [7, 11) is 0. The van der Waals surface area contributed by atoms with E-state index in [1.807, 2.05) is 4.90 Å². The van der Waals surface area contributed by atoms with Crippen molar-refractivity contribution in [1.82, 2.24) is 4.90 Å². The molecule has 1 aliphatic heterocycles. The Morgan fingerprint density at radius 2 is 2.31 bits per heavy atom. The molecule has 0 radical (unpaired) electrons. The molecule has 1 aromatic heterocycles. The molecule has 0 spiro atoms. The Bertz CT molecular complexity index is 369. The predicted octanol–water partition coefficient (Wildman–Crippen LogP) is 2.39. The minimum Gasteiger partial charge on any atom is -0.336 e. The van der Waals surface area contributed by atoms with Gasteiger partial charge in [-0.25, -0.2) is 0 Å². The number of nitrogens with zero attached hydrogens (tertiary/aromatic N) is 1. The zero-order valence-electron chi connectivity index (χ0n) is 8.69. The van der Waals surface area contributed by atoms with E-state index in [2.05, 4.69) is 0 Å². The van der Waals surface area contributed by atoms with E-state index in [1.165, 1.54) is 11.3 Å². The van der Waals surface area contributed by atoms with Gasteiger partial charge >= 0.3 is 0 Å². The quantitative estimate of drug-likeness (QED) is 0.859. The molecule has 0 aromatic carbocycles. The van der Waals surface area contributed by atoms with Gasteiger partial charge in [-0.05, 0) is 25.0 Å². The summed E-state index contributed by atoms with van der Waals surface area (Å²) in [6.07, 6.45) is 2.00. The van der Waals surface area contributed by atoms with Crippen molar-refractivity contribution >= 4 is 41.3 Å². The van der Waals surface area contributed by atoms with Crippen molar-refractivity contribution < 1.29 is 4.79 Å². The maximum Gasteiger partial charge on any atom is 0.264 e. The summed E-state index contributed by atoms with van der Waals surface area (Å²) in [5, 5.41) is 0. The van der Waals surface area contributed by atoms with Gasteiger partial charge in [-0.2, -0.15) is 0 Å². The largest absolute Gasteiger partial charge is 0.336 e. The first-order valence-electron chi connectivity index (χ1n) is 4.97. The van der Waals surface area contributed by atoms with E-state index in [0.717, 1.165) is 19.4 Å². The SMILES string of the molecule is Cl.NC1CCCN(C(=O)c2ccc(Cl)s2)C1. The van der Waals surface area contributed by atoms with E-state index in [0.29, 0.717) is 15.8 Å². The lowest BCUT2D eigenvalue weighted by atomic mass is 10.1. The molecule has 90 valence electrons.